The van der Waals surface area contributed by atoms with E-state index in [1.165, 1.54) is 36.5 Å². The molecule has 1 heterocycles. The molecule has 1 amide bonds. The smallest absolute Gasteiger partial charge is 0.233 e. The number of amides is 1. The molecule has 0 aliphatic carbocycles. The highest BCUT2D eigenvalue weighted by molar-refractivity contribution is 14.1. The predicted molar refractivity (Wildman–Crippen MR) is 80.5 cm³/mol. The van der Waals surface area contributed by atoms with Crippen molar-refractivity contribution in [1.82, 2.24) is 5.32 Å². The Hall–Kier alpha value is 0.550. The van der Waals surface area contributed by atoms with Gasteiger partial charge < -0.3 is 5.32 Å². The van der Waals surface area contributed by atoms with Crippen LogP contribution >= 0.6 is 34.4 Å². The summed E-state index contributed by atoms with van der Waals surface area (Å²) in [6, 6.07) is 0. The Balaban J connectivity index is 1.97. The van der Waals surface area contributed by atoms with E-state index in [0.717, 1.165) is 25.1 Å². The molecule has 4 heteroatoms. The molecule has 1 fully saturated rings. The maximum absolute atomic E-state index is 11.8. The summed E-state index contributed by atoms with van der Waals surface area (Å²) in [4.78, 5) is 11.8. The molecule has 1 rings (SSSR count). The van der Waals surface area contributed by atoms with E-state index in [4.69, 9.17) is 0 Å². The standard InChI is InChI=1S/C12H22INOS/c13-8-4-1-2-5-9-14-12(15)11-7-3-6-10-16-11/h11H,1-10H2,(H,14,15). The number of nitrogens with one attached hydrogen (secondary N) is 1. The zero-order chi connectivity index (χ0) is 11.6. The van der Waals surface area contributed by atoms with Crippen LogP contribution in [-0.2, 0) is 4.79 Å². The van der Waals surface area contributed by atoms with Crippen LogP contribution < -0.4 is 5.32 Å². The van der Waals surface area contributed by atoms with E-state index in [1.807, 2.05) is 11.8 Å². The van der Waals surface area contributed by atoms with Crippen molar-refractivity contribution in [2.75, 3.05) is 16.7 Å². The SMILES string of the molecule is O=C(NCCCCCCI)C1CCCCS1. The Morgan fingerprint density at radius 1 is 1.25 bits per heavy atom. The fourth-order valence-corrected chi connectivity index (χ4v) is 3.61. The van der Waals surface area contributed by atoms with Crippen molar-refractivity contribution in [3.05, 3.63) is 0 Å². The molecule has 2 nitrogen and oxygen atoms in total. The van der Waals surface area contributed by atoms with E-state index in [2.05, 4.69) is 27.9 Å². The summed E-state index contributed by atoms with van der Waals surface area (Å²) in [6.07, 6.45) is 8.58. The zero-order valence-electron chi connectivity index (χ0n) is 9.84. The van der Waals surface area contributed by atoms with E-state index in [1.54, 1.807) is 0 Å². The summed E-state index contributed by atoms with van der Waals surface area (Å²) in [5, 5.41) is 3.31. The Labute approximate surface area is 117 Å². The van der Waals surface area contributed by atoms with Crippen molar-refractivity contribution in [2.45, 2.75) is 50.2 Å². The second-order valence-electron chi connectivity index (χ2n) is 4.25. The minimum atomic E-state index is 0.239. The maximum atomic E-state index is 11.8. The number of halogens is 1. The van der Waals surface area contributed by atoms with E-state index in [0.29, 0.717) is 0 Å². The summed E-state index contributed by atoms with van der Waals surface area (Å²) >= 11 is 4.25. The third-order valence-electron chi connectivity index (χ3n) is 2.83. The van der Waals surface area contributed by atoms with Crippen LogP contribution in [0.1, 0.15) is 44.9 Å². The molecule has 0 bridgehead atoms. The lowest BCUT2D eigenvalue weighted by Crippen LogP contribution is -2.34. The van der Waals surface area contributed by atoms with Gasteiger partial charge in [-0.3, -0.25) is 4.79 Å². The Morgan fingerprint density at radius 2 is 2.06 bits per heavy atom. The summed E-state index contributed by atoms with van der Waals surface area (Å²) < 4.78 is 1.25. The Morgan fingerprint density at radius 3 is 2.75 bits per heavy atom. The number of carbonyl (C=O) groups excluding carboxylic acids is 1. The quantitative estimate of drug-likeness (QED) is 0.431. The van der Waals surface area contributed by atoms with Gasteiger partial charge in [-0.15, -0.1) is 11.8 Å². The van der Waals surface area contributed by atoms with Crippen LogP contribution in [0.2, 0.25) is 0 Å². The molecular formula is C12H22INOS. The second-order valence-corrected chi connectivity index (χ2v) is 6.64. The van der Waals surface area contributed by atoms with Crippen molar-refractivity contribution >= 4 is 40.3 Å². The normalized spacial score (nSPS) is 20.7. The summed E-state index contributed by atoms with van der Waals surface area (Å²) in [5.41, 5.74) is 0. The average Bonchev–Trinajstić information content (AvgIpc) is 2.34. The number of carbonyl (C=O) groups is 1. The van der Waals surface area contributed by atoms with Crippen molar-refractivity contribution in [1.29, 1.82) is 0 Å². The fraction of sp³-hybridized carbons (Fsp3) is 0.917. The van der Waals surface area contributed by atoms with Gasteiger partial charge in [0.05, 0.1) is 5.25 Å². The third kappa shape index (κ3) is 6.33. The lowest BCUT2D eigenvalue weighted by atomic mass is 10.1. The lowest BCUT2D eigenvalue weighted by Gasteiger charge is -2.20. The second kappa shape index (κ2) is 9.57. The number of alkyl halides is 1. The van der Waals surface area contributed by atoms with Gasteiger partial charge in [-0.05, 0) is 35.9 Å². The minimum absolute atomic E-state index is 0.239. The number of rotatable bonds is 7. The van der Waals surface area contributed by atoms with Gasteiger partial charge in [0.15, 0.2) is 0 Å². The highest BCUT2D eigenvalue weighted by Crippen LogP contribution is 2.24. The molecule has 16 heavy (non-hydrogen) atoms. The first-order chi connectivity index (χ1) is 7.84. The van der Waals surface area contributed by atoms with E-state index >= 15 is 0 Å². The van der Waals surface area contributed by atoms with Gasteiger partial charge in [-0.25, -0.2) is 0 Å². The molecule has 1 unspecified atom stereocenters. The lowest BCUT2D eigenvalue weighted by molar-refractivity contribution is -0.120. The highest BCUT2D eigenvalue weighted by atomic mass is 127. The van der Waals surface area contributed by atoms with Gasteiger partial charge in [0.2, 0.25) is 5.91 Å². The van der Waals surface area contributed by atoms with Crippen molar-refractivity contribution in [3.8, 4) is 0 Å². The molecule has 0 aromatic rings. The maximum Gasteiger partial charge on any atom is 0.233 e. The van der Waals surface area contributed by atoms with E-state index in [-0.39, 0.29) is 11.2 Å². The van der Waals surface area contributed by atoms with Crippen LogP contribution in [0.3, 0.4) is 0 Å². The predicted octanol–water partition coefficient (Wildman–Crippen LogP) is 3.38. The van der Waals surface area contributed by atoms with Crippen LogP contribution in [0.4, 0.5) is 0 Å². The summed E-state index contributed by atoms with van der Waals surface area (Å²) in [7, 11) is 0. The third-order valence-corrected chi connectivity index (χ3v) is 4.97. The first-order valence-electron chi connectivity index (χ1n) is 6.30. The molecule has 0 spiro atoms. The molecule has 1 atom stereocenters. The minimum Gasteiger partial charge on any atom is -0.355 e. The van der Waals surface area contributed by atoms with Crippen LogP contribution in [0.25, 0.3) is 0 Å². The van der Waals surface area contributed by atoms with Crippen molar-refractivity contribution in [2.24, 2.45) is 0 Å². The van der Waals surface area contributed by atoms with Crippen LogP contribution in [-0.4, -0.2) is 27.9 Å². The van der Waals surface area contributed by atoms with Crippen molar-refractivity contribution < 1.29 is 4.79 Å². The topological polar surface area (TPSA) is 29.1 Å². The summed E-state index contributed by atoms with van der Waals surface area (Å²) in [5.74, 6) is 1.44. The summed E-state index contributed by atoms with van der Waals surface area (Å²) in [6.45, 7) is 0.872. The molecule has 1 N–H and O–H groups in total. The van der Waals surface area contributed by atoms with Gasteiger partial charge in [0.1, 0.15) is 0 Å². The van der Waals surface area contributed by atoms with E-state index in [9.17, 15) is 4.79 Å². The molecule has 0 aromatic heterocycles. The van der Waals surface area contributed by atoms with E-state index < -0.39 is 0 Å². The molecular weight excluding hydrogens is 333 g/mol. The van der Waals surface area contributed by atoms with Gasteiger partial charge >= 0.3 is 0 Å². The highest BCUT2D eigenvalue weighted by Gasteiger charge is 2.20. The molecule has 0 saturated carbocycles. The zero-order valence-corrected chi connectivity index (χ0v) is 12.8. The Bertz CT molecular complexity index is 195. The van der Waals surface area contributed by atoms with Gasteiger partial charge in [0.25, 0.3) is 0 Å². The molecule has 1 aliphatic rings. The van der Waals surface area contributed by atoms with Crippen molar-refractivity contribution in [3.63, 3.8) is 0 Å². The monoisotopic (exact) mass is 355 g/mol. The first kappa shape index (κ1) is 14.6. The number of hydrogen-bond acceptors (Lipinski definition) is 2. The average molecular weight is 355 g/mol. The molecule has 1 aliphatic heterocycles. The molecule has 94 valence electrons. The first-order valence-corrected chi connectivity index (χ1v) is 8.87. The number of hydrogen-bond donors (Lipinski definition) is 1. The van der Waals surface area contributed by atoms with Crippen LogP contribution in [0.5, 0.6) is 0 Å². The van der Waals surface area contributed by atoms with Gasteiger partial charge in [0, 0.05) is 6.54 Å². The number of thioether (sulfide) groups is 1. The number of unbranched alkanes of at least 4 members (excludes halogenated alkanes) is 3. The molecule has 1 saturated heterocycles. The van der Waals surface area contributed by atoms with Crippen LogP contribution in [0, 0.1) is 0 Å². The fourth-order valence-electron chi connectivity index (χ4n) is 1.85. The Kier molecular flexibility index (Phi) is 8.74. The van der Waals surface area contributed by atoms with Gasteiger partial charge in [-0.2, -0.15) is 0 Å². The molecule has 0 radical (unpaired) electrons. The van der Waals surface area contributed by atoms with Gasteiger partial charge in [-0.1, -0.05) is 41.9 Å². The molecule has 0 aromatic carbocycles. The largest absolute Gasteiger partial charge is 0.355 e. The van der Waals surface area contributed by atoms with Crippen LogP contribution in [0.15, 0.2) is 0 Å².